The Morgan fingerprint density at radius 3 is 2.62 bits per heavy atom. The molecule has 1 unspecified atom stereocenters. The number of hydrogen-bond donors (Lipinski definition) is 1. The number of rotatable bonds is 8. The number of benzene rings is 1. The summed E-state index contributed by atoms with van der Waals surface area (Å²) in [5, 5.41) is 3.10. The van der Waals surface area contributed by atoms with Gasteiger partial charge in [0.2, 0.25) is 5.95 Å². The topological polar surface area (TPSA) is 100 Å². The van der Waals surface area contributed by atoms with Crippen molar-refractivity contribution in [3.05, 3.63) is 36.0 Å². The first-order chi connectivity index (χ1) is 17.4. The van der Waals surface area contributed by atoms with Gasteiger partial charge in [0.25, 0.3) is 5.91 Å². The summed E-state index contributed by atoms with van der Waals surface area (Å²) in [6.07, 6.45) is 0.921. The second-order valence-electron chi connectivity index (χ2n) is 10.6. The zero-order chi connectivity index (χ0) is 27.3. The molecule has 0 bridgehead atoms. The minimum absolute atomic E-state index is 0.136. The summed E-state index contributed by atoms with van der Waals surface area (Å²) in [4.78, 5) is 40.1. The van der Waals surface area contributed by atoms with E-state index in [-0.39, 0.29) is 17.9 Å². The highest BCUT2D eigenvalue weighted by atomic mass is 16.6. The lowest BCUT2D eigenvalue weighted by Gasteiger charge is -2.30. The molecule has 1 N–H and O–H groups in total. The Kier molecular flexibility index (Phi) is 8.83. The van der Waals surface area contributed by atoms with Gasteiger partial charge in [-0.05, 0) is 45.7 Å². The monoisotopic (exact) mass is 512 g/mol. The van der Waals surface area contributed by atoms with Crippen LogP contribution < -0.4 is 19.9 Å². The van der Waals surface area contributed by atoms with Crippen LogP contribution in [-0.4, -0.2) is 78.8 Å². The number of likely N-dealkylation sites (N-methyl/N-ethyl adjacent to an activating group) is 2. The zero-order valence-electron chi connectivity index (χ0n) is 23.2. The lowest BCUT2D eigenvalue weighted by atomic mass is 10.1. The number of fused-ring (bicyclic) bond motifs is 1. The predicted molar refractivity (Wildman–Crippen MR) is 146 cm³/mol. The van der Waals surface area contributed by atoms with Crippen molar-refractivity contribution in [2.75, 3.05) is 55.4 Å². The van der Waals surface area contributed by atoms with Crippen molar-refractivity contribution in [1.82, 2.24) is 14.9 Å². The summed E-state index contributed by atoms with van der Waals surface area (Å²) < 4.78 is 11.8. The number of aromatic nitrogens is 2. The second kappa shape index (κ2) is 11.7. The van der Waals surface area contributed by atoms with Gasteiger partial charge in [-0.15, -0.1) is 0 Å². The number of nitrogens with zero attached hydrogens (tertiary/aromatic N) is 5. The molecule has 1 aromatic heterocycles. The van der Waals surface area contributed by atoms with E-state index in [9.17, 15) is 9.59 Å². The summed E-state index contributed by atoms with van der Waals surface area (Å²) in [6, 6.07) is 7.48. The molecule has 2 heterocycles. The van der Waals surface area contributed by atoms with Crippen molar-refractivity contribution < 1.29 is 19.1 Å². The molecule has 1 atom stereocenters. The van der Waals surface area contributed by atoms with Gasteiger partial charge in [0.1, 0.15) is 28.8 Å². The van der Waals surface area contributed by atoms with Crippen LogP contribution in [0, 0.1) is 5.92 Å². The van der Waals surface area contributed by atoms with Gasteiger partial charge in [0.15, 0.2) is 0 Å². The number of carbonyl (C=O) groups is 2. The average Bonchev–Trinajstić information content (AvgIpc) is 2.94. The number of hydrogen-bond acceptors (Lipinski definition) is 8. The van der Waals surface area contributed by atoms with Crippen molar-refractivity contribution >= 4 is 29.5 Å². The molecular weight excluding hydrogens is 472 g/mol. The van der Waals surface area contributed by atoms with Gasteiger partial charge < -0.3 is 29.5 Å². The van der Waals surface area contributed by atoms with Crippen LogP contribution in [0.25, 0.3) is 0 Å². The number of ether oxygens (including phenoxy) is 2. The van der Waals surface area contributed by atoms with Gasteiger partial charge in [-0.25, -0.2) is 9.78 Å². The summed E-state index contributed by atoms with van der Waals surface area (Å²) in [5.74, 6) is 1.71. The molecule has 0 spiro atoms. The van der Waals surface area contributed by atoms with E-state index in [0.717, 1.165) is 5.69 Å². The van der Waals surface area contributed by atoms with E-state index in [1.165, 1.54) is 4.90 Å². The van der Waals surface area contributed by atoms with Crippen LogP contribution in [0.2, 0.25) is 0 Å². The van der Waals surface area contributed by atoms with E-state index >= 15 is 0 Å². The van der Waals surface area contributed by atoms with E-state index in [1.54, 1.807) is 18.1 Å². The Hall–Kier alpha value is -3.56. The first kappa shape index (κ1) is 28.0. The van der Waals surface area contributed by atoms with Gasteiger partial charge in [-0.1, -0.05) is 19.9 Å². The molecule has 0 aliphatic carbocycles. The summed E-state index contributed by atoms with van der Waals surface area (Å²) in [5.41, 5.74) is 0.605. The van der Waals surface area contributed by atoms with Gasteiger partial charge in [0.05, 0.1) is 6.54 Å². The van der Waals surface area contributed by atoms with Crippen LogP contribution >= 0.6 is 0 Å². The fourth-order valence-corrected chi connectivity index (χ4v) is 3.88. The van der Waals surface area contributed by atoms with E-state index in [0.29, 0.717) is 49.3 Å². The smallest absolute Gasteiger partial charge is 0.410 e. The van der Waals surface area contributed by atoms with Crippen LogP contribution in [0.15, 0.2) is 30.5 Å². The Bertz CT molecular complexity index is 1100. The molecular formula is C27H40N6O4. The molecule has 10 heteroatoms. The maximum absolute atomic E-state index is 13.5. The maximum atomic E-state index is 13.5. The lowest BCUT2D eigenvalue weighted by molar-refractivity contribution is 0.0191. The van der Waals surface area contributed by atoms with Crippen LogP contribution in [0.4, 0.5) is 22.2 Å². The molecule has 0 radical (unpaired) electrons. The molecule has 0 saturated carbocycles. The first-order valence-corrected chi connectivity index (χ1v) is 12.7. The minimum Gasteiger partial charge on any atom is -0.488 e. The van der Waals surface area contributed by atoms with Crippen LogP contribution in [0.5, 0.6) is 5.75 Å². The largest absolute Gasteiger partial charge is 0.488 e. The number of amides is 2. The quantitative estimate of drug-likeness (QED) is 0.560. The SMILES string of the molecule is CCNc1ncc2c(n1)N(C)CCN(c1cccc(OC(CN(C)C(=O)OC(C)(C)C)C(C)C)c1)C2=O. The molecule has 0 saturated heterocycles. The van der Waals surface area contributed by atoms with Crippen molar-refractivity contribution in [1.29, 1.82) is 0 Å². The molecule has 2 amide bonds. The Labute approximate surface area is 220 Å². The fourth-order valence-electron chi connectivity index (χ4n) is 3.88. The normalized spacial score (nSPS) is 14.7. The van der Waals surface area contributed by atoms with E-state index in [4.69, 9.17) is 9.47 Å². The standard InChI is InChI=1S/C27H40N6O4/c1-9-28-25-29-16-21-23(30-25)31(7)13-14-33(24(21)34)19-11-10-12-20(15-19)36-22(18(2)3)17-32(8)26(35)37-27(4,5)6/h10-12,15-16,18,22H,9,13-14,17H2,1-8H3,(H,28,29,30). The van der Waals surface area contributed by atoms with Gasteiger partial charge in [-0.2, -0.15) is 4.98 Å². The van der Waals surface area contributed by atoms with Crippen molar-refractivity contribution in [2.45, 2.75) is 53.2 Å². The molecule has 2 aromatic rings. The lowest BCUT2D eigenvalue weighted by Crippen LogP contribution is -2.42. The maximum Gasteiger partial charge on any atom is 0.410 e. The number of anilines is 3. The van der Waals surface area contributed by atoms with Crippen LogP contribution in [0.1, 0.15) is 51.9 Å². The number of carbonyl (C=O) groups excluding carboxylic acids is 2. The van der Waals surface area contributed by atoms with Crippen LogP contribution in [-0.2, 0) is 4.74 Å². The fraction of sp³-hybridized carbons (Fsp3) is 0.556. The molecule has 37 heavy (non-hydrogen) atoms. The third kappa shape index (κ3) is 7.24. The molecule has 1 aromatic carbocycles. The molecule has 0 fully saturated rings. The highest BCUT2D eigenvalue weighted by Crippen LogP contribution is 2.29. The zero-order valence-corrected chi connectivity index (χ0v) is 23.2. The molecule has 202 valence electrons. The number of nitrogens with one attached hydrogen (secondary N) is 1. The van der Waals surface area contributed by atoms with Gasteiger partial charge >= 0.3 is 6.09 Å². The van der Waals surface area contributed by atoms with E-state index in [2.05, 4.69) is 15.3 Å². The highest BCUT2D eigenvalue weighted by molar-refractivity contribution is 6.09. The Morgan fingerprint density at radius 2 is 1.97 bits per heavy atom. The minimum atomic E-state index is -0.570. The van der Waals surface area contributed by atoms with Crippen molar-refractivity contribution in [3.8, 4) is 5.75 Å². The van der Waals surface area contributed by atoms with Crippen molar-refractivity contribution in [3.63, 3.8) is 0 Å². The summed E-state index contributed by atoms with van der Waals surface area (Å²) in [6.45, 7) is 13.7. The summed E-state index contributed by atoms with van der Waals surface area (Å²) >= 11 is 0. The van der Waals surface area contributed by atoms with Gasteiger partial charge in [0, 0.05) is 51.7 Å². The molecule has 10 nitrogen and oxygen atoms in total. The Balaban J connectivity index is 1.80. The summed E-state index contributed by atoms with van der Waals surface area (Å²) in [7, 11) is 3.63. The molecule has 1 aliphatic heterocycles. The average molecular weight is 513 g/mol. The third-order valence-electron chi connectivity index (χ3n) is 5.92. The predicted octanol–water partition coefficient (Wildman–Crippen LogP) is 4.28. The van der Waals surface area contributed by atoms with E-state index in [1.807, 2.05) is 77.8 Å². The van der Waals surface area contributed by atoms with Crippen LogP contribution in [0.3, 0.4) is 0 Å². The van der Waals surface area contributed by atoms with E-state index < -0.39 is 11.7 Å². The Morgan fingerprint density at radius 1 is 1.24 bits per heavy atom. The molecule has 3 rings (SSSR count). The van der Waals surface area contributed by atoms with Crippen molar-refractivity contribution in [2.24, 2.45) is 5.92 Å². The molecule has 1 aliphatic rings. The first-order valence-electron chi connectivity index (χ1n) is 12.7. The highest BCUT2D eigenvalue weighted by Gasteiger charge is 2.29. The third-order valence-corrected chi connectivity index (χ3v) is 5.92. The second-order valence-corrected chi connectivity index (χ2v) is 10.6. The van der Waals surface area contributed by atoms with Gasteiger partial charge in [-0.3, -0.25) is 4.79 Å².